The number of halogens is 1. The number of rotatable bonds is 7. The summed E-state index contributed by atoms with van der Waals surface area (Å²) in [5.74, 6) is -1.30. The number of epoxide rings is 1. The van der Waals surface area contributed by atoms with Gasteiger partial charge in [-0.2, -0.15) is 12.6 Å². The highest BCUT2D eigenvalue weighted by atomic mass is 35.5. The van der Waals surface area contributed by atoms with Crippen LogP contribution in [0.15, 0.2) is 35.9 Å². The summed E-state index contributed by atoms with van der Waals surface area (Å²) in [4.78, 5) is 55.6. The molecule has 1 aromatic carbocycles. The van der Waals surface area contributed by atoms with Gasteiger partial charge in [0, 0.05) is 40.0 Å². The number of hydrogen-bond acceptors (Lipinski definition) is 11. The number of aliphatic hydroxyl groups is 1. The quantitative estimate of drug-likeness (QED) is 0.214. The molecular weight excluding hydrogens is 690 g/mol. The fourth-order valence-corrected chi connectivity index (χ4v) is 6.99. The third-order valence-electron chi connectivity index (χ3n) is 9.85. The van der Waals surface area contributed by atoms with E-state index in [0.29, 0.717) is 23.6 Å². The van der Waals surface area contributed by atoms with Gasteiger partial charge < -0.3 is 38.6 Å². The molecule has 3 aliphatic heterocycles. The van der Waals surface area contributed by atoms with Gasteiger partial charge in [0.25, 0.3) is 0 Å². The van der Waals surface area contributed by atoms with E-state index in [0.717, 1.165) is 11.1 Å². The number of likely N-dealkylation sites (N-methyl/N-ethyl adjacent to an activating group) is 1. The SMILES string of the molecule is COc1cc2cc(c1Cl)N(C)C(=O)C[C@H](OC(=O)[C@H](C)N(C)C(=O)CCS)[C@]1(C)OC1[C@H](C)[C@H]1C[C@@](O)(NC(=O)O1)[C@H](OC)/C=C/C=C(\C)C2. The standard InChI is InChI=1S/C35H48ClN3O10S/c1-19-10-9-11-26(46-8)35(44)18-25(47-33(43)37-35)20(2)31-34(4,49-31)27(48-32(42)21(3)38(5)28(40)12-13-50)17-29(41)39(6)23-15-22(14-19)16-24(45-7)30(23)36/h9-11,15-16,20-21,25-27,31,44,50H,12-14,17-18H2,1-8H3,(H,37,43)/b11-9+,19-10+/t20-,21+,25-,26-,27+,31?,34+,35+/m1/s1. The summed E-state index contributed by atoms with van der Waals surface area (Å²) in [6, 6.07) is 2.60. The minimum Gasteiger partial charge on any atom is -0.495 e. The van der Waals surface area contributed by atoms with Crippen molar-refractivity contribution >= 4 is 53.8 Å². The Kier molecular flexibility index (Phi) is 12.6. The van der Waals surface area contributed by atoms with Gasteiger partial charge >= 0.3 is 12.1 Å². The summed E-state index contributed by atoms with van der Waals surface area (Å²) in [5, 5.41) is 14.4. The van der Waals surface area contributed by atoms with Gasteiger partial charge in [0.1, 0.15) is 40.7 Å². The number of hydrogen-bond donors (Lipinski definition) is 3. The van der Waals surface area contributed by atoms with Crippen LogP contribution in [0.4, 0.5) is 10.5 Å². The Balaban J connectivity index is 1.78. The van der Waals surface area contributed by atoms with Crippen LogP contribution in [0.5, 0.6) is 5.75 Å². The maximum Gasteiger partial charge on any atom is 0.409 e. The van der Waals surface area contributed by atoms with Crippen LogP contribution in [0.25, 0.3) is 0 Å². The molecule has 3 amide bonds. The zero-order valence-corrected chi connectivity index (χ0v) is 31.4. The summed E-state index contributed by atoms with van der Waals surface area (Å²) < 4.78 is 29.0. The van der Waals surface area contributed by atoms with Crippen molar-refractivity contribution in [2.45, 2.75) is 95.2 Å². The van der Waals surface area contributed by atoms with E-state index in [2.05, 4.69) is 17.9 Å². The predicted molar refractivity (Wildman–Crippen MR) is 189 cm³/mol. The Morgan fingerprint density at radius 1 is 1.28 bits per heavy atom. The van der Waals surface area contributed by atoms with Crippen LogP contribution in [-0.4, -0.2) is 110 Å². The molecule has 8 atom stereocenters. The summed E-state index contributed by atoms with van der Waals surface area (Å²) in [5.41, 5.74) is -0.903. The number of thiol groups is 1. The van der Waals surface area contributed by atoms with E-state index in [1.54, 1.807) is 45.2 Å². The fourth-order valence-electron chi connectivity index (χ4n) is 6.49. The van der Waals surface area contributed by atoms with E-state index >= 15 is 0 Å². The molecule has 3 aliphatic rings. The lowest BCUT2D eigenvalue weighted by atomic mass is 9.83. The first-order valence-electron chi connectivity index (χ1n) is 16.4. The second-order valence-corrected chi connectivity index (χ2v) is 14.2. The highest BCUT2D eigenvalue weighted by molar-refractivity contribution is 7.80. The van der Waals surface area contributed by atoms with Gasteiger partial charge in [-0.15, -0.1) is 0 Å². The summed E-state index contributed by atoms with van der Waals surface area (Å²) in [6.45, 7) is 6.96. The number of benzene rings is 1. The highest BCUT2D eigenvalue weighted by Crippen LogP contribution is 2.49. The monoisotopic (exact) mass is 737 g/mol. The molecule has 50 heavy (non-hydrogen) atoms. The van der Waals surface area contributed by atoms with Gasteiger partial charge in [0.15, 0.2) is 5.72 Å². The summed E-state index contributed by atoms with van der Waals surface area (Å²) in [6.07, 6.45) is 1.08. The zero-order chi connectivity index (χ0) is 37.1. The third-order valence-corrected chi connectivity index (χ3v) is 10.5. The average Bonchev–Trinajstić information content (AvgIpc) is 3.76. The maximum absolute atomic E-state index is 14.0. The molecule has 13 nitrogen and oxygen atoms in total. The van der Waals surface area contributed by atoms with Crippen LogP contribution < -0.4 is 15.0 Å². The van der Waals surface area contributed by atoms with E-state index in [-0.39, 0.29) is 30.2 Å². The molecule has 4 rings (SSSR count). The maximum atomic E-state index is 14.0. The van der Waals surface area contributed by atoms with Gasteiger partial charge in [0.05, 0.1) is 25.3 Å². The van der Waals surface area contributed by atoms with Crippen LogP contribution in [0.1, 0.15) is 52.5 Å². The minimum atomic E-state index is -1.82. The zero-order valence-electron chi connectivity index (χ0n) is 29.7. The van der Waals surface area contributed by atoms with Crippen molar-refractivity contribution in [3.8, 4) is 5.75 Å². The Labute approximate surface area is 303 Å². The van der Waals surface area contributed by atoms with Crippen LogP contribution >= 0.6 is 24.2 Å². The molecule has 2 N–H and O–H groups in total. The normalized spacial score (nSPS) is 32.3. The molecular formula is C35H48ClN3O10S. The number of amides is 3. The number of esters is 1. The lowest BCUT2D eigenvalue weighted by Crippen LogP contribution is -2.63. The molecule has 0 radical (unpaired) electrons. The first-order valence-corrected chi connectivity index (χ1v) is 17.5. The van der Waals surface area contributed by atoms with E-state index in [1.165, 1.54) is 38.0 Å². The highest BCUT2D eigenvalue weighted by Gasteiger charge is 2.64. The summed E-state index contributed by atoms with van der Waals surface area (Å²) >= 11 is 10.8. The molecule has 15 heteroatoms. The van der Waals surface area contributed by atoms with E-state index in [9.17, 15) is 24.3 Å². The van der Waals surface area contributed by atoms with Gasteiger partial charge in [-0.1, -0.05) is 42.3 Å². The van der Waals surface area contributed by atoms with E-state index in [1.807, 2.05) is 13.0 Å². The topological polar surface area (TPSA) is 156 Å². The number of alkyl carbamates (subject to hydrolysis) is 1. The van der Waals surface area contributed by atoms with Gasteiger partial charge in [-0.05, 0) is 50.6 Å². The van der Waals surface area contributed by atoms with Crippen molar-refractivity contribution in [3.05, 3.63) is 46.5 Å². The molecule has 1 unspecified atom stereocenters. The van der Waals surface area contributed by atoms with Crippen molar-refractivity contribution in [1.82, 2.24) is 10.2 Å². The van der Waals surface area contributed by atoms with Crippen LogP contribution in [0.3, 0.4) is 0 Å². The molecule has 0 spiro atoms. The molecule has 2 fully saturated rings. The number of fused-ring (bicyclic) bond motifs is 5. The molecule has 2 saturated heterocycles. The third kappa shape index (κ3) is 8.42. The summed E-state index contributed by atoms with van der Waals surface area (Å²) in [7, 11) is 5.98. The van der Waals surface area contributed by atoms with Crippen molar-refractivity contribution in [2.24, 2.45) is 5.92 Å². The fraction of sp³-hybridized carbons (Fsp3) is 0.600. The number of ether oxygens (including phenoxy) is 5. The van der Waals surface area contributed by atoms with Gasteiger partial charge in [-0.25, -0.2) is 9.59 Å². The van der Waals surface area contributed by atoms with E-state index < -0.39 is 65.7 Å². The molecule has 276 valence electrons. The number of nitrogens with one attached hydrogen (secondary N) is 1. The van der Waals surface area contributed by atoms with Crippen molar-refractivity contribution in [2.75, 3.05) is 39.0 Å². The minimum absolute atomic E-state index is 0.0489. The van der Waals surface area contributed by atoms with Crippen molar-refractivity contribution < 1.29 is 48.0 Å². The van der Waals surface area contributed by atoms with Crippen LogP contribution in [-0.2, 0) is 39.8 Å². The largest absolute Gasteiger partial charge is 0.495 e. The predicted octanol–water partition coefficient (Wildman–Crippen LogP) is 3.83. The Hall–Kier alpha value is -3.30. The van der Waals surface area contributed by atoms with Crippen LogP contribution in [0.2, 0.25) is 5.02 Å². The smallest absolute Gasteiger partial charge is 0.409 e. The molecule has 1 aromatic rings. The number of carbonyl (C=O) groups is 4. The van der Waals surface area contributed by atoms with Gasteiger partial charge in [0.2, 0.25) is 11.8 Å². The van der Waals surface area contributed by atoms with E-state index in [4.69, 9.17) is 35.3 Å². The number of nitrogens with zero attached hydrogens (tertiary/aromatic N) is 2. The molecule has 4 bridgehead atoms. The Morgan fingerprint density at radius 3 is 2.62 bits per heavy atom. The molecule has 0 aliphatic carbocycles. The number of carbonyl (C=O) groups excluding carboxylic acids is 4. The lowest BCUT2D eigenvalue weighted by molar-refractivity contribution is -0.161. The Morgan fingerprint density at radius 2 is 1.98 bits per heavy atom. The number of methoxy groups -OCH3 is 2. The first-order chi connectivity index (χ1) is 23.5. The molecule has 0 aromatic heterocycles. The molecule has 3 heterocycles. The Bertz CT molecular complexity index is 1540. The van der Waals surface area contributed by atoms with Crippen molar-refractivity contribution in [1.29, 1.82) is 0 Å². The second-order valence-electron chi connectivity index (χ2n) is 13.4. The molecule has 0 saturated carbocycles. The first kappa shape index (κ1) is 39.5. The number of anilines is 1. The van der Waals surface area contributed by atoms with Crippen LogP contribution in [0, 0.1) is 5.92 Å². The van der Waals surface area contributed by atoms with Crippen molar-refractivity contribution in [3.63, 3.8) is 0 Å². The lowest BCUT2D eigenvalue weighted by Gasteiger charge is -2.42. The number of allylic oxidation sites excluding steroid dienone is 3. The van der Waals surface area contributed by atoms with Gasteiger partial charge in [-0.3, -0.25) is 14.9 Å². The average molecular weight is 738 g/mol. The second kappa shape index (κ2) is 15.9.